The summed E-state index contributed by atoms with van der Waals surface area (Å²) in [6.45, 7) is 3.01. The van der Waals surface area contributed by atoms with Crippen molar-refractivity contribution >= 4 is 11.7 Å². The number of oxazole rings is 1. The molecule has 0 aliphatic heterocycles. The zero-order valence-electron chi connectivity index (χ0n) is 19.5. The van der Waals surface area contributed by atoms with Gasteiger partial charge in [-0.1, -0.05) is 11.2 Å². The van der Waals surface area contributed by atoms with Crippen molar-refractivity contribution in [2.24, 2.45) is 5.41 Å². The normalized spacial score (nSPS) is 25.9. The number of ether oxygens (including phenoxy) is 1. The third kappa shape index (κ3) is 3.89. The molecule has 8 nitrogen and oxygen atoms in total. The predicted octanol–water partition coefficient (Wildman–Crippen LogP) is 5.48. The first-order valence-corrected chi connectivity index (χ1v) is 12.4. The third-order valence-electron chi connectivity index (χ3n) is 8.01. The molecule has 34 heavy (non-hydrogen) atoms. The average Bonchev–Trinajstić information content (AvgIpc) is 3.39. The molecule has 8 heteroatoms. The molecular formula is C26H30N4O4. The minimum Gasteiger partial charge on any atom is -0.461 e. The predicted molar refractivity (Wildman–Crippen MR) is 124 cm³/mol. The molecule has 7 rings (SSSR count). The highest BCUT2D eigenvalue weighted by atomic mass is 16.5. The molecule has 1 N–H and O–H groups in total. The van der Waals surface area contributed by atoms with Crippen LogP contribution in [0.2, 0.25) is 0 Å². The van der Waals surface area contributed by atoms with E-state index in [-0.39, 0.29) is 11.1 Å². The van der Waals surface area contributed by atoms with E-state index < -0.39 is 5.97 Å². The summed E-state index contributed by atoms with van der Waals surface area (Å²) in [5.41, 5.74) is 2.43. The maximum absolute atomic E-state index is 11.9. The van der Waals surface area contributed by atoms with Gasteiger partial charge in [-0.2, -0.15) is 4.98 Å². The number of hydrogen-bond donors (Lipinski definition) is 1. The lowest BCUT2D eigenvalue weighted by Gasteiger charge is -2.52. The standard InChI is InChI=1S/C26H30N4O4/c1-2-32-23(31)20-15-33-22(28-20)18-4-3-5-19(14-18)27-16-25-8-11-26(12-9-25,13-10-25)24-29-21(30-34-24)17-6-7-17/h3-5,14-15,17,27H,2,6-13,16H2,1H3. The molecule has 1 aromatic carbocycles. The smallest absolute Gasteiger partial charge is 0.360 e. The number of fused-ring (bicyclic) bond motifs is 3. The Hall–Kier alpha value is -3.16. The Kier molecular flexibility index (Phi) is 5.19. The molecule has 178 valence electrons. The fraction of sp³-hybridized carbons (Fsp3) is 0.538. The second-order valence-corrected chi connectivity index (χ2v) is 10.2. The molecule has 2 heterocycles. The highest BCUT2D eigenvalue weighted by Gasteiger charge is 2.52. The molecule has 0 radical (unpaired) electrons. The van der Waals surface area contributed by atoms with E-state index in [4.69, 9.17) is 18.7 Å². The zero-order valence-corrected chi connectivity index (χ0v) is 19.5. The number of nitrogens with zero attached hydrogens (tertiary/aromatic N) is 3. The molecule has 4 aliphatic carbocycles. The summed E-state index contributed by atoms with van der Waals surface area (Å²) in [5, 5.41) is 7.93. The molecule has 2 aromatic heterocycles. The molecule has 0 atom stereocenters. The quantitative estimate of drug-likeness (QED) is 0.439. The first-order valence-electron chi connectivity index (χ1n) is 12.4. The Morgan fingerprint density at radius 3 is 2.68 bits per heavy atom. The highest BCUT2D eigenvalue weighted by molar-refractivity contribution is 5.87. The minimum absolute atomic E-state index is 0.0867. The van der Waals surface area contributed by atoms with Gasteiger partial charge in [0.05, 0.1) is 6.61 Å². The Morgan fingerprint density at radius 1 is 1.15 bits per heavy atom. The van der Waals surface area contributed by atoms with Crippen molar-refractivity contribution in [3.8, 4) is 11.5 Å². The van der Waals surface area contributed by atoms with Crippen LogP contribution in [0.5, 0.6) is 0 Å². The first-order chi connectivity index (χ1) is 16.6. The Labute approximate surface area is 198 Å². The number of carbonyl (C=O) groups is 1. The molecular weight excluding hydrogens is 432 g/mol. The van der Waals surface area contributed by atoms with E-state index in [1.54, 1.807) is 6.92 Å². The molecule has 4 saturated carbocycles. The molecule has 3 aromatic rings. The third-order valence-corrected chi connectivity index (χ3v) is 8.01. The fourth-order valence-electron chi connectivity index (χ4n) is 5.56. The van der Waals surface area contributed by atoms with Gasteiger partial charge in [0.25, 0.3) is 0 Å². The van der Waals surface area contributed by atoms with Crippen molar-refractivity contribution in [2.75, 3.05) is 18.5 Å². The molecule has 0 amide bonds. The maximum atomic E-state index is 11.9. The van der Waals surface area contributed by atoms with Gasteiger partial charge in [-0.3, -0.25) is 0 Å². The SMILES string of the molecule is CCOC(=O)c1coc(-c2cccc(NCC34CCC(c5nc(C6CC6)no5)(CC3)CC4)c2)n1. The number of rotatable bonds is 8. The van der Waals surface area contributed by atoms with Crippen LogP contribution in [0.1, 0.15) is 86.4 Å². The summed E-state index contributed by atoms with van der Waals surface area (Å²) < 4.78 is 16.3. The fourth-order valence-corrected chi connectivity index (χ4v) is 5.56. The maximum Gasteiger partial charge on any atom is 0.360 e. The van der Waals surface area contributed by atoms with E-state index in [1.165, 1.54) is 38.4 Å². The summed E-state index contributed by atoms with van der Waals surface area (Å²) in [5.74, 6) is 2.29. The van der Waals surface area contributed by atoms with Crippen LogP contribution >= 0.6 is 0 Å². The van der Waals surface area contributed by atoms with Gasteiger partial charge in [-0.25, -0.2) is 9.78 Å². The number of aromatic nitrogens is 3. The van der Waals surface area contributed by atoms with Crippen molar-refractivity contribution in [1.29, 1.82) is 0 Å². The van der Waals surface area contributed by atoms with E-state index in [0.717, 1.165) is 48.8 Å². The van der Waals surface area contributed by atoms with Crippen molar-refractivity contribution in [2.45, 2.75) is 69.6 Å². The summed E-state index contributed by atoms with van der Waals surface area (Å²) in [7, 11) is 0. The van der Waals surface area contributed by atoms with Crippen LogP contribution in [0.15, 0.2) is 39.5 Å². The van der Waals surface area contributed by atoms with Gasteiger partial charge in [0.15, 0.2) is 11.5 Å². The molecule has 0 unspecified atom stereocenters. The lowest BCUT2D eigenvalue weighted by Crippen LogP contribution is -2.47. The first kappa shape index (κ1) is 21.4. The van der Waals surface area contributed by atoms with Gasteiger partial charge in [-0.15, -0.1) is 0 Å². The van der Waals surface area contributed by atoms with E-state index in [0.29, 0.717) is 23.8 Å². The number of esters is 1. The number of benzene rings is 1. The number of hydrogen-bond acceptors (Lipinski definition) is 8. The van der Waals surface area contributed by atoms with Crippen LogP contribution in [-0.4, -0.2) is 34.2 Å². The van der Waals surface area contributed by atoms with Gasteiger partial charge in [0.2, 0.25) is 11.8 Å². The van der Waals surface area contributed by atoms with Crippen LogP contribution in [0, 0.1) is 5.41 Å². The highest BCUT2D eigenvalue weighted by Crippen LogP contribution is 2.57. The van der Waals surface area contributed by atoms with E-state index >= 15 is 0 Å². The summed E-state index contributed by atoms with van der Waals surface area (Å²) >= 11 is 0. The van der Waals surface area contributed by atoms with Crippen molar-refractivity contribution in [1.82, 2.24) is 15.1 Å². The van der Waals surface area contributed by atoms with Crippen LogP contribution in [0.4, 0.5) is 5.69 Å². The van der Waals surface area contributed by atoms with E-state index in [2.05, 4.69) is 21.5 Å². The van der Waals surface area contributed by atoms with E-state index in [9.17, 15) is 4.79 Å². The summed E-state index contributed by atoms with van der Waals surface area (Å²) in [6.07, 6.45) is 10.6. The number of nitrogens with one attached hydrogen (secondary N) is 1. The van der Waals surface area contributed by atoms with Crippen LogP contribution in [-0.2, 0) is 10.2 Å². The van der Waals surface area contributed by atoms with Gasteiger partial charge in [-0.05, 0) is 81.9 Å². The molecule has 4 aliphatic rings. The van der Waals surface area contributed by atoms with E-state index in [1.807, 2.05) is 18.2 Å². The molecule has 2 bridgehead atoms. The molecule has 0 spiro atoms. The Balaban J connectivity index is 1.10. The van der Waals surface area contributed by atoms with Gasteiger partial charge in [0.1, 0.15) is 6.26 Å². The van der Waals surface area contributed by atoms with Gasteiger partial charge in [0, 0.05) is 29.1 Å². The number of carbonyl (C=O) groups excluding carboxylic acids is 1. The summed E-state index contributed by atoms with van der Waals surface area (Å²) in [4.78, 5) is 21.0. The van der Waals surface area contributed by atoms with Crippen LogP contribution < -0.4 is 5.32 Å². The van der Waals surface area contributed by atoms with Crippen LogP contribution in [0.25, 0.3) is 11.5 Å². The Bertz CT molecular complexity index is 1170. The Morgan fingerprint density at radius 2 is 1.94 bits per heavy atom. The second-order valence-electron chi connectivity index (χ2n) is 10.2. The molecule has 0 saturated heterocycles. The average molecular weight is 463 g/mol. The second kappa shape index (κ2) is 8.25. The van der Waals surface area contributed by atoms with Crippen molar-refractivity contribution in [3.05, 3.63) is 47.9 Å². The van der Waals surface area contributed by atoms with Crippen molar-refractivity contribution < 1.29 is 18.5 Å². The van der Waals surface area contributed by atoms with Crippen molar-refractivity contribution in [3.63, 3.8) is 0 Å². The largest absolute Gasteiger partial charge is 0.461 e. The van der Waals surface area contributed by atoms with Gasteiger partial charge < -0.3 is 19.0 Å². The lowest BCUT2D eigenvalue weighted by atomic mass is 9.53. The summed E-state index contributed by atoms with van der Waals surface area (Å²) in [6, 6.07) is 7.98. The van der Waals surface area contributed by atoms with Crippen LogP contribution in [0.3, 0.4) is 0 Å². The zero-order chi connectivity index (χ0) is 23.2. The molecule has 4 fully saturated rings. The topological polar surface area (TPSA) is 103 Å². The minimum atomic E-state index is -0.471. The number of anilines is 1. The monoisotopic (exact) mass is 462 g/mol. The lowest BCUT2D eigenvalue weighted by molar-refractivity contribution is 0.0322. The van der Waals surface area contributed by atoms with Gasteiger partial charge >= 0.3 is 5.97 Å².